The van der Waals surface area contributed by atoms with Gasteiger partial charge in [-0.25, -0.2) is 0 Å². The van der Waals surface area contributed by atoms with Crippen LogP contribution in [0.2, 0.25) is 0 Å². The quantitative estimate of drug-likeness (QED) is 0.0262. The highest BCUT2D eigenvalue weighted by Crippen LogP contribution is 2.16. The van der Waals surface area contributed by atoms with Crippen molar-refractivity contribution >= 4 is 17.9 Å². The van der Waals surface area contributed by atoms with E-state index in [4.69, 9.17) is 14.2 Å². The Hall–Kier alpha value is -2.89. The first-order valence-corrected chi connectivity index (χ1v) is 28.8. The van der Waals surface area contributed by atoms with Gasteiger partial charge in [-0.2, -0.15) is 0 Å². The lowest BCUT2D eigenvalue weighted by molar-refractivity contribution is -0.167. The van der Waals surface area contributed by atoms with E-state index >= 15 is 0 Å². The van der Waals surface area contributed by atoms with Crippen molar-refractivity contribution in [2.45, 2.75) is 297 Å². The number of esters is 3. The lowest BCUT2D eigenvalue weighted by Crippen LogP contribution is -2.30. The van der Waals surface area contributed by atoms with Crippen LogP contribution in [0.5, 0.6) is 0 Å². The van der Waals surface area contributed by atoms with Gasteiger partial charge in [0.15, 0.2) is 6.10 Å². The maximum Gasteiger partial charge on any atom is 0.306 e. The first-order chi connectivity index (χ1) is 33.0. The van der Waals surface area contributed by atoms with E-state index in [9.17, 15) is 14.4 Å². The predicted octanol–water partition coefficient (Wildman–Crippen LogP) is 19.2. The van der Waals surface area contributed by atoms with Gasteiger partial charge < -0.3 is 14.2 Å². The SMILES string of the molecule is CC/C=C\C/C=C\C/C=C\C/C=C\C/C=C\CCCCCCCCCCCCCCCCCCCC(=O)OCC(COC(=O)CCCCCCCCC)OC(=O)CCCCCCCCCCC. The zero-order valence-corrected chi connectivity index (χ0v) is 44.4. The molecule has 1 unspecified atom stereocenters. The van der Waals surface area contributed by atoms with Crippen LogP contribution in [-0.4, -0.2) is 37.2 Å². The van der Waals surface area contributed by atoms with Crippen molar-refractivity contribution in [2.24, 2.45) is 0 Å². The third-order valence-electron chi connectivity index (χ3n) is 12.5. The second kappa shape index (κ2) is 55.7. The summed E-state index contributed by atoms with van der Waals surface area (Å²) in [5, 5.41) is 0. The van der Waals surface area contributed by atoms with E-state index in [1.165, 1.54) is 161 Å². The molecule has 0 amide bonds. The summed E-state index contributed by atoms with van der Waals surface area (Å²) in [5.74, 6) is -0.869. The van der Waals surface area contributed by atoms with E-state index in [1.54, 1.807) is 0 Å². The molecule has 0 heterocycles. The predicted molar refractivity (Wildman–Crippen MR) is 288 cm³/mol. The van der Waals surface area contributed by atoms with Crippen LogP contribution < -0.4 is 0 Å². The average Bonchev–Trinajstić information content (AvgIpc) is 3.33. The molecular weight excluding hydrogens is 829 g/mol. The fourth-order valence-corrected chi connectivity index (χ4v) is 8.24. The molecule has 0 saturated carbocycles. The molecule has 67 heavy (non-hydrogen) atoms. The molecule has 0 aliphatic rings. The molecule has 0 rings (SSSR count). The third-order valence-corrected chi connectivity index (χ3v) is 12.5. The molecule has 388 valence electrons. The van der Waals surface area contributed by atoms with E-state index in [-0.39, 0.29) is 31.1 Å². The lowest BCUT2D eigenvalue weighted by Gasteiger charge is -2.18. The van der Waals surface area contributed by atoms with Gasteiger partial charge in [0.2, 0.25) is 0 Å². The first-order valence-electron chi connectivity index (χ1n) is 28.8. The number of unbranched alkanes of at least 4 members (excludes halogenated alkanes) is 31. The third kappa shape index (κ3) is 53.9. The molecule has 0 aromatic carbocycles. The van der Waals surface area contributed by atoms with Gasteiger partial charge in [-0.15, -0.1) is 0 Å². The Kier molecular flexibility index (Phi) is 53.3. The lowest BCUT2D eigenvalue weighted by atomic mass is 10.0. The van der Waals surface area contributed by atoms with Crippen molar-refractivity contribution in [3.8, 4) is 0 Å². The smallest absolute Gasteiger partial charge is 0.306 e. The Bertz CT molecular complexity index is 1210. The summed E-state index contributed by atoms with van der Waals surface area (Å²) in [6, 6.07) is 0. The standard InChI is InChI=1S/C61H108O6/c1-4-7-10-13-16-18-19-20-21-22-23-24-25-26-27-28-29-30-31-32-33-34-35-36-37-38-39-40-41-43-45-48-51-54-60(63)66-57-58(56-65-59(62)53-50-47-44-15-12-9-6-3)67-61(64)55-52-49-46-42-17-14-11-8-5-2/h7,10,16,18,20-21,23-24,26-27,58H,4-6,8-9,11-15,17,19,22,25,28-57H2,1-3H3/b10-7-,18-16-,21-20-,24-23-,27-26-. The summed E-state index contributed by atoms with van der Waals surface area (Å²) < 4.78 is 16.7. The molecule has 0 aliphatic heterocycles. The van der Waals surface area contributed by atoms with Gasteiger partial charge >= 0.3 is 17.9 Å². The van der Waals surface area contributed by atoms with Gasteiger partial charge in [0.1, 0.15) is 13.2 Å². The molecule has 0 bridgehead atoms. The minimum Gasteiger partial charge on any atom is -0.462 e. The topological polar surface area (TPSA) is 78.9 Å². The highest BCUT2D eigenvalue weighted by Gasteiger charge is 2.19. The van der Waals surface area contributed by atoms with Gasteiger partial charge in [0, 0.05) is 19.3 Å². The summed E-state index contributed by atoms with van der Waals surface area (Å²) in [5.41, 5.74) is 0. The second-order valence-corrected chi connectivity index (χ2v) is 19.2. The first kappa shape index (κ1) is 64.1. The number of allylic oxidation sites excluding steroid dienone is 10. The van der Waals surface area contributed by atoms with Crippen LogP contribution in [0.1, 0.15) is 290 Å². The number of hydrogen-bond acceptors (Lipinski definition) is 6. The van der Waals surface area contributed by atoms with Crippen LogP contribution in [-0.2, 0) is 28.6 Å². The number of rotatable bonds is 52. The zero-order chi connectivity index (χ0) is 48.6. The van der Waals surface area contributed by atoms with Crippen LogP contribution in [0, 0.1) is 0 Å². The van der Waals surface area contributed by atoms with E-state index in [0.717, 1.165) is 89.9 Å². The summed E-state index contributed by atoms with van der Waals surface area (Å²) >= 11 is 0. The Balaban J connectivity index is 3.91. The van der Waals surface area contributed by atoms with Gasteiger partial charge in [-0.3, -0.25) is 14.4 Å². The van der Waals surface area contributed by atoms with Crippen molar-refractivity contribution in [1.82, 2.24) is 0 Å². The molecule has 0 N–H and O–H groups in total. The van der Waals surface area contributed by atoms with Crippen LogP contribution in [0.25, 0.3) is 0 Å². The van der Waals surface area contributed by atoms with Crippen molar-refractivity contribution < 1.29 is 28.6 Å². The van der Waals surface area contributed by atoms with E-state index < -0.39 is 6.10 Å². The molecule has 1 atom stereocenters. The average molecular weight is 938 g/mol. The van der Waals surface area contributed by atoms with Crippen LogP contribution in [0.4, 0.5) is 0 Å². The van der Waals surface area contributed by atoms with Gasteiger partial charge in [-0.05, 0) is 64.2 Å². The normalized spacial score (nSPS) is 12.5. The summed E-state index contributed by atoms with van der Waals surface area (Å²) in [7, 11) is 0. The molecule has 0 aliphatic carbocycles. The maximum absolute atomic E-state index is 12.7. The van der Waals surface area contributed by atoms with Gasteiger partial charge in [-0.1, -0.05) is 268 Å². The van der Waals surface area contributed by atoms with E-state index in [0.29, 0.717) is 19.3 Å². The number of carbonyl (C=O) groups is 3. The molecule has 6 nitrogen and oxygen atoms in total. The van der Waals surface area contributed by atoms with Crippen molar-refractivity contribution in [2.75, 3.05) is 13.2 Å². The summed E-state index contributed by atoms with van der Waals surface area (Å²) in [4.78, 5) is 37.7. The molecular formula is C61H108O6. The molecule has 0 fully saturated rings. The second-order valence-electron chi connectivity index (χ2n) is 19.2. The van der Waals surface area contributed by atoms with Crippen molar-refractivity contribution in [1.29, 1.82) is 0 Å². The number of hydrogen-bond donors (Lipinski definition) is 0. The fourth-order valence-electron chi connectivity index (χ4n) is 8.24. The minimum atomic E-state index is -0.764. The highest BCUT2D eigenvalue weighted by atomic mass is 16.6. The van der Waals surface area contributed by atoms with Crippen LogP contribution in [0.3, 0.4) is 0 Å². The Morgan fingerprint density at radius 1 is 0.313 bits per heavy atom. The Morgan fingerprint density at radius 3 is 0.910 bits per heavy atom. The van der Waals surface area contributed by atoms with Crippen molar-refractivity contribution in [3.05, 3.63) is 60.8 Å². The number of ether oxygens (including phenoxy) is 3. The summed E-state index contributed by atoms with van der Waals surface area (Å²) in [6.45, 7) is 6.48. The Morgan fingerprint density at radius 2 is 0.582 bits per heavy atom. The number of carbonyl (C=O) groups excluding carboxylic acids is 3. The van der Waals surface area contributed by atoms with Crippen LogP contribution in [0.15, 0.2) is 60.8 Å². The maximum atomic E-state index is 12.7. The van der Waals surface area contributed by atoms with Crippen LogP contribution >= 0.6 is 0 Å². The molecule has 6 heteroatoms. The Labute approximate surface area is 415 Å². The van der Waals surface area contributed by atoms with E-state index in [1.807, 2.05) is 0 Å². The largest absolute Gasteiger partial charge is 0.462 e. The molecule has 0 radical (unpaired) electrons. The van der Waals surface area contributed by atoms with E-state index in [2.05, 4.69) is 81.5 Å². The van der Waals surface area contributed by atoms with Gasteiger partial charge in [0.05, 0.1) is 0 Å². The zero-order valence-electron chi connectivity index (χ0n) is 44.4. The highest BCUT2D eigenvalue weighted by molar-refractivity contribution is 5.71. The minimum absolute atomic E-state index is 0.0689. The molecule has 0 spiro atoms. The van der Waals surface area contributed by atoms with Crippen molar-refractivity contribution in [3.63, 3.8) is 0 Å². The molecule has 0 saturated heterocycles. The monoisotopic (exact) mass is 937 g/mol. The fraction of sp³-hybridized carbons (Fsp3) is 0.787. The summed E-state index contributed by atoms with van der Waals surface area (Å²) in [6.07, 6.45) is 69.8. The molecule has 0 aromatic heterocycles. The molecule has 0 aromatic rings. The van der Waals surface area contributed by atoms with Gasteiger partial charge in [0.25, 0.3) is 0 Å².